The number of benzene rings is 2. The van der Waals surface area contributed by atoms with Gasteiger partial charge < -0.3 is 14.8 Å². The molecular formula is C17H12F3NO3. The number of halogens is 3. The maximum atomic E-state index is 12.5. The zero-order valence-corrected chi connectivity index (χ0v) is 12.3. The van der Waals surface area contributed by atoms with E-state index in [9.17, 15) is 18.0 Å². The van der Waals surface area contributed by atoms with Crippen LogP contribution in [0.1, 0.15) is 11.1 Å². The lowest BCUT2D eigenvalue weighted by atomic mass is 10.2. The summed E-state index contributed by atoms with van der Waals surface area (Å²) in [7, 11) is 0. The number of rotatable bonds is 3. The van der Waals surface area contributed by atoms with Gasteiger partial charge >= 0.3 is 6.18 Å². The number of amides is 1. The predicted octanol–water partition coefficient (Wildman–Crippen LogP) is 4.09. The lowest BCUT2D eigenvalue weighted by molar-refractivity contribution is -0.137. The highest BCUT2D eigenvalue weighted by atomic mass is 19.4. The molecule has 7 heteroatoms. The monoisotopic (exact) mass is 335 g/mol. The highest BCUT2D eigenvalue weighted by Crippen LogP contribution is 2.33. The van der Waals surface area contributed by atoms with Crippen LogP contribution >= 0.6 is 0 Å². The van der Waals surface area contributed by atoms with E-state index in [4.69, 9.17) is 9.47 Å². The van der Waals surface area contributed by atoms with E-state index in [2.05, 4.69) is 5.32 Å². The Hall–Kier alpha value is -2.96. The van der Waals surface area contributed by atoms with Gasteiger partial charge in [0.25, 0.3) is 0 Å². The highest BCUT2D eigenvalue weighted by molar-refractivity contribution is 6.01. The second-order valence-electron chi connectivity index (χ2n) is 5.01. The van der Waals surface area contributed by atoms with Gasteiger partial charge in [-0.1, -0.05) is 6.07 Å². The number of carbonyl (C=O) groups excluding carboxylic acids is 1. The van der Waals surface area contributed by atoms with Gasteiger partial charge in [0.05, 0.1) is 5.56 Å². The Bertz CT molecular complexity index is 783. The summed E-state index contributed by atoms with van der Waals surface area (Å²) in [6.07, 6.45) is -1.54. The fraction of sp³-hybridized carbons (Fsp3) is 0.118. The van der Waals surface area contributed by atoms with Crippen LogP contribution in [-0.2, 0) is 11.0 Å². The summed E-state index contributed by atoms with van der Waals surface area (Å²) in [5.41, 5.74) is 0.251. The predicted molar refractivity (Wildman–Crippen MR) is 81.7 cm³/mol. The van der Waals surface area contributed by atoms with Crippen molar-refractivity contribution in [3.8, 4) is 11.5 Å². The van der Waals surface area contributed by atoms with Crippen LogP contribution in [0.3, 0.4) is 0 Å². The average Bonchev–Trinajstić information content (AvgIpc) is 3.00. The molecule has 0 radical (unpaired) electrons. The van der Waals surface area contributed by atoms with Gasteiger partial charge in [-0.25, -0.2) is 0 Å². The van der Waals surface area contributed by atoms with Crippen LogP contribution in [0.15, 0.2) is 48.5 Å². The molecule has 124 valence electrons. The summed E-state index contributed by atoms with van der Waals surface area (Å²) in [6.45, 7) is 0.164. The van der Waals surface area contributed by atoms with E-state index in [0.717, 1.165) is 17.7 Å². The molecule has 2 aromatic rings. The minimum atomic E-state index is -4.40. The molecule has 3 rings (SSSR count). The first-order chi connectivity index (χ1) is 11.4. The van der Waals surface area contributed by atoms with Crippen molar-refractivity contribution in [1.29, 1.82) is 0 Å². The highest BCUT2D eigenvalue weighted by Gasteiger charge is 2.29. The molecule has 0 atom stereocenters. The Balaban J connectivity index is 1.63. The lowest BCUT2D eigenvalue weighted by Gasteiger charge is -2.07. The summed E-state index contributed by atoms with van der Waals surface area (Å²) >= 11 is 0. The second-order valence-corrected chi connectivity index (χ2v) is 5.01. The third kappa shape index (κ3) is 3.68. The summed E-state index contributed by atoms with van der Waals surface area (Å²) in [6, 6.07) is 9.45. The molecule has 24 heavy (non-hydrogen) atoms. The average molecular weight is 335 g/mol. The van der Waals surface area contributed by atoms with Gasteiger partial charge in [0.2, 0.25) is 12.7 Å². The number of ether oxygens (including phenoxy) is 2. The first-order valence-electron chi connectivity index (χ1n) is 6.98. The van der Waals surface area contributed by atoms with Crippen LogP contribution in [0.4, 0.5) is 18.9 Å². The Kier molecular flexibility index (Phi) is 4.16. The third-order valence-corrected chi connectivity index (χ3v) is 3.30. The van der Waals surface area contributed by atoms with Gasteiger partial charge in [0, 0.05) is 11.8 Å². The van der Waals surface area contributed by atoms with Crippen LogP contribution in [0.5, 0.6) is 11.5 Å². The summed E-state index contributed by atoms with van der Waals surface area (Å²) in [4.78, 5) is 11.8. The first kappa shape index (κ1) is 15.9. The standard InChI is InChI=1S/C17H12F3NO3/c18-17(19,20)12-3-5-13(6-4-12)21-16(22)8-2-11-1-7-14-15(9-11)24-10-23-14/h1-9H,10H2,(H,21,22). The van der Waals surface area contributed by atoms with Gasteiger partial charge in [-0.15, -0.1) is 0 Å². The number of nitrogens with one attached hydrogen (secondary N) is 1. The van der Waals surface area contributed by atoms with Crippen LogP contribution in [0, 0.1) is 0 Å². The molecule has 0 fully saturated rings. The fourth-order valence-corrected chi connectivity index (χ4v) is 2.12. The maximum Gasteiger partial charge on any atom is 0.416 e. The molecule has 0 unspecified atom stereocenters. The number of hydrogen-bond acceptors (Lipinski definition) is 3. The van der Waals surface area contributed by atoms with Gasteiger partial charge in [-0.3, -0.25) is 4.79 Å². The fourth-order valence-electron chi connectivity index (χ4n) is 2.12. The molecule has 1 N–H and O–H groups in total. The van der Waals surface area contributed by atoms with Crippen molar-refractivity contribution in [3.05, 3.63) is 59.7 Å². The van der Waals surface area contributed by atoms with E-state index in [0.29, 0.717) is 11.5 Å². The lowest BCUT2D eigenvalue weighted by Crippen LogP contribution is -2.09. The molecule has 2 aromatic carbocycles. The first-order valence-corrected chi connectivity index (χ1v) is 6.98. The quantitative estimate of drug-likeness (QED) is 0.860. The smallest absolute Gasteiger partial charge is 0.416 e. The van der Waals surface area contributed by atoms with Gasteiger partial charge in [-0.2, -0.15) is 13.2 Å². The minimum absolute atomic E-state index is 0.164. The van der Waals surface area contributed by atoms with Gasteiger partial charge in [-0.05, 0) is 48.0 Å². The SMILES string of the molecule is O=C(C=Cc1ccc2c(c1)OCO2)Nc1ccc(C(F)(F)F)cc1. The van der Waals surface area contributed by atoms with E-state index >= 15 is 0 Å². The van der Waals surface area contributed by atoms with Crippen molar-refractivity contribution in [2.75, 3.05) is 12.1 Å². The van der Waals surface area contributed by atoms with E-state index in [1.807, 2.05) is 0 Å². The van der Waals surface area contributed by atoms with Crippen LogP contribution < -0.4 is 14.8 Å². The Labute approximate surface area is 135 Å². The molecule has 0 bridgehead atoms. The number of fused-ring (bicyclic) bond motifs is 1. The number of anilines is 1. The molecule has 1 aliphatic heterocycles. The molecular weight excluding hydrogens is 323 g/mol. The molecule has 1 amide bonds. The molecule has 0 saturated heterocycles. The van der Waals surface area contributed by atoms with Crippen molar-refractivity contribution in [3.63, 3.8) is 0 Å². The van der Waals surface area contributed by atoms with Crippen LogP contribution in [0.25, 0.3) is 6.08 Å². The van der Waals surface area contributed by atoms with Crippen molar-refractivity contribution in [2.24, 2.45) is 0 Å². The molecule has 4 nitrogen and oxygen atoms in total. The van der Waals surface area contributed by atoms with E-state index < -0.39 is 17.6 Å². The minimum Gasteiger partial charge on any atom is -0.454 e. The zero-order valence-electron chi connectivity index (χ0n) is 12.3. The summed E-state index contributed by atoms with van der Waals surface area (Å²) in [5, 5.41) is 2.49. The van der Waals surface area contributed by atoms with Crippen molar-refractivity contribution >= 4 is 17.7 Å². The van der Waals surface area contributed by atoms with Crippen molar-refractivity contribution < 1.29 is 27.4 Å². The zero-order chi connectivity index (χ0) is 17.2. The molecule has 1 heterocycles. The molecule has 1 aliphatic rings. The largest absolute Gasteiger partial charge is 0.454 e. The topological polar surface area (TPSA) is 47.6 Å². The Morgan fingerprint density at radius 2 is 1.75 bits per heavy atom. The Morgan fingerprint density at radius 1 is 1.04 bits per heavy atom. The van der Waals surface area contributed by atoms with Crippen LogP contribution in [-0.4, -0.2) is 12.7 Å². The molecule has 0 spiro atoms. The maximum absolute atomic E-state index is 12.5. The van der Waals surface area contributed by atoms with E-state index in [-0.39, 0.29) is 12.5 Å². The summed E-state index contributed by atoms with van der Waals surface area (Å²) < 4.78 is 47.8. The van der Waals surface area contributed by atoms with E-state index in [1.54, 1.807) is 24.3 Å². The molecule has 0 saturated carbocycles. The molecule has 0 aliphatic carbocycles. The van der Waals surface area contributed by atoms with Gasteiger partial charge in [0.1, 0.15) is 0 Å². The molecule has 0 aromatic heterocycles. The second kappa shape index (κ2) is 6.27. The van der Waals surface area contributed by atoms with Crippen LogP contribution in [0.2, 0.25) is 0 Å². The number of carbonyl (C=O) groups is 1. The van der Waals surface area contributed by atoms with Gasteiger partial charge in [0.15, 0.2) is 11.5 Å². The van der Waals surface area contributed by atoms with Crippen molar-refractivity contribution in [1.82, 2.24) is 0 Å². The summed E-state index contributed by atoms with van der Waals surface area (Å²) in [5.74, 6) is 0.786. The van der Waals surface area contributed by atoms with E-state index in [1.165, 1.54) is 18.2 Å². The number of alkyl halides is 3. The van der Waals surface area contributed by atoms with Crippen molar-refractivity contribution in [2.45, 2.75) is 6.18 Å². The number of hydrogen-bond donors (Lipinski definition) is 1. The Morgan fingerprint density at radius 3 is 2.46 bits per heavy atom. The normalized spacial score (nSPS) is 13.3. The third-order valence-electron chi connectivity index (χ3n) is 3.30.